The number of nitrogens with one attached hydrogen (secondary N) is 1. The Morgan fingerprint density at radius 1 is 1.28 bits per heavy atom. The van der Waals surface area contributed by atoms with E-state index in [1.165, 1.54) is 10.4 Å². The number of hydrogen-bond acceptors (Lipinski definition) is 4. The molecule has 1 aliphatic heterocycles. The average Bonchev–Trinajstić information content (AvgIpc) is 3.09. The van der Waals surface area contributed by atoms with Gasteiger partial charge in [0.1, 0.15) is 0 Å². The molecule has 25 heavy (non-hydrogen) atoms. The molecule has 1 saturated heterocycles. The minimum Gasteiger partial charge on any atom is -0.379 e. The van der Waals surface area contributed by atoms with E-state index in [1.807, 2.05) is 20.8 Å². The smallest absolute Gasteiger partial charge is 0.251 e. The number of hydrogen-bond donors (Lipinski definition) is 1. The molecule has 0 bridgehead atoms. The summed E-state index contributed by atoms with van der Waals surface area (Å²) in [5, 5.41) is 2.83. The first kappa shape index (κ1) is 19.9. The number of rotatable bonds is 8. The Kier molecular flexibility index (Phi) is 6.98. The number of aryl methyl sites for hydroxylation is 1. The summed E-state index contributed by atoms with van der Waals surface area (Å²) in [7, 11) is -3.52. The van der Waals surface area contributed by atoms with Gasteiger partial charge < -0.3 is 10.1 Å². The van der Waals surface area contributed by atoms with E-state index >= 15 is 0 Å². The molecule has 0 radical (unpaired) electrons. The summed E-state index contributed by atoms with van der Waals surface area (Å²) < 4.78 is 32.2. The molecule has 0 unspecified atom stereocenters. The van der Waals surface area contributed by atoms with Gasteiger partial charge in [-0.3, -0.25) is 4.79 Å². The first-order valence-electron chi connectivity index (χ1n) is 8.83. The maximum Gasteiger partial charge on any atom is 0.251 e. The number of nitrogens with zero attached hydrogens (tertiary/aromatic N) is 1. The largest absolute Gasteiger partial charge is 0.379 e. The van der Waals surface area contributed by atoms with Crippen molar-refractivity contribution in [2.75, 3.05) is 26.2 Å². The van der Waals surface area contributed by atoms with Crippen LogP contribution in [0.2, 0.25) is 0 Å². The third-order valence-corrected chi connectivity index (χ3v) is 6.11. The number of carbonyl (C=O) groups is 1. The molecule has 0 aliphatic carbocycles. The van der Waals surface area contributed by atoms with E-state index in [4.69, 9.17) is 4.74 Å². The molecule has 1 aromatic carbocycles. The van der Waals surface area contributed by atoms with Gasteiger partial charge in [-0.15, -0.1) is 0 Å². The number of amides is 1. The van der Waals surface area contributed by atoms with Gasteiger partial charge in [-0.1, -0.05) is 6.07 Å². The fourth-order valence-electron chi connectivity index (χ4n) is 2.77. The molecular weight excluding hydrogens is 340 g/mol. The molecule has 1 aromatic rings. The second-order valence-electron chi connectivity index (χ2n) is 6.62. The zero-order chi connectivity index (χ0) is 18.4. The maximum atomic E-state index is 12.7. The molecule has 1 heterocycles. The predicted molar refractivity (Wildman–Crippen MR) is 97.2 cm³/mol. The van der Waals surface area contributed by atoms with Crippen LogP contribution >= 0.6 is 0 Å². The second-order valence-corrected chi connectivity index (χ2v) is 8.55. The fourth-order valence-corrected chi connectivity index (χ4v) is 4.32. The summed E-state index contributed by atoms with van der Waals surface area (Å²) in [4.78, 5) is 12.6. The topological polar surface area (TPSA) is 75.7 Å². The molecule has 1 amide bonds. The lowest BCUT2D eigenvalue weighted by Gasteiger charge is -2.17. The molecule has 6 nitrogen and oxygen atoms in total. The molecule has 0 saturated carbocycles. The third kappa shape index (κ3) is 5.26. The van der Waals surface area contributed by atoms with Crippen molar-refractivity contribution in [3.63, 3.8) is 0 Å². The standard InChI is InChI=1S/C18H28N2O4S/c1-14(2)24-12-6-9-19-18(21)17-13-16(8-7-15(17)3)25(22,23)20-10-4-5-11-20/h7-8,13-14H,4-6,9-12H2,1-3H3,(H,19,21). The molecule has 0 atom stereocenters. The molecular formula is C18H28N2O4S. The van der Waals surface area contributed by atoms with Crippen molar-refractivity contribution in [3.05, 3.63) is 29.3 Å². The quantitative estimate of drug-likeness (QED) is 0.715. The molecule has 1 N–H and O–H groups in total. The average molecular weight is 368 g/mol. The SMILES string of the molecule is Cc1ccc(S(=O)(=O)N2CCCC2)cc1C(=O)NCCCOC(C)C. The van der Waals surface area contributed by atoms with Crippen molar-refractivity contribution in [3.8, 4) is 0 Å². The molecule has 0 spiro atoms. The summed E-state index contributed by atoms with van der Waals surface area (Å²) in [6.45, 7) is 7.92. The lowest BCUT2D eigenvalue weighted by atomic mass is 10.1. The fraction of sp³-hybridized carbons (Fsp3) is 0.611. The van der Waals surface area contributed by atoms with Crippen molar-refractivity contribution in [1.82, 2.24) is 9.62 Å². The van der Waals surface area contributed by atoms with Gasteiger partial charge in [0.05, 0.1) is 11.0 Å². The lowest BCUT2D eigenvalue weighted by molar-refractivity contribution is 0.0757. The Labute approximate surface area is 150 Å². The van der Waals surface area contributed by atoms with E-state index in [0.29, 0.717) is 38.2 Å². The highest BCUT2D eigenvalue weighted by molar-refractivity contribution is 7.89. The first-order valence-corrected chi connectivity index (χ1v) is 10.3. The first-order chi connectivity index (χ1) is 11.8. The third-order valence-electron chi connectivity index (χ3n) is 4.21. The Hall–Kier alpha value is -1.44. The minimum absolute atomic E-state index is 0.172. The molecule has 2 rings (SSSR count). The van der Waals surface area contributed by atoms with Crippen LogP contribution in [0.15, 0.2) is 23.1 Å². The van der Waals surface area contributed by atoms with Gasteiger partial charge in [0.25, 0.3) is 5.91 Å². The normalized spacial score (nSPS) is 15.7. The Balaban J connectivity index is 2.04. The number of benzene rings is 1. The zero-order valence-corrected chi connectivity index (χ0v) is 16.1. The highest BCUT2D eigenvalue weighted by Crippen LogP contribution is 2.23. The number of ether oxygens (including phenoxy) is 1. The molecule has 1 fully saturated rings. The van der Waals surface area contributed by atoms with Crippen LogP contribution in [0.5, 0.6) is 0 Å². The molecule has 7 heteroatoms. The Bertz CT molecular complexity index is 695. The van der Waals surface area contributed by atoms with Gasteiger partial charge in [0.15, 0.2) is 0 Å². The van der Waals surface area contributed by atoms with Crippen LogP contribution in [0.4, 0.5) is 0 Å². The highest BCUT2D eigenvalue weighted by Gasteiger charge is 2.28. The summed E-state index contributed by atoms with van der Waals surface area (Å²) in [5.74, 6) is -0.250. The van der Waals surface area contributed by atoms with Gasteiger partial charge >= 0.3 is 0 Å². The van der Waals surface area contributed by atoms with Crippen LogP contribution in [0.25, 0.3) is 0 Å². The van der Waals surface area contributed by atoms with Crippen molar-refractivity contribution in [1.29, 1.82) is 0 Å². The highest BCUT2D eigenvalue weighted by atomic mass is 32.2. The van der Waals surface area contributed by atoms with Crippen LogP contribution in [0.1, 0.15) is 49.0 Å². The van der Waals surface area contributed by atoms with Crippen LogP contribution < -0.4 is 5.32 Å². The van der Waals surface area contributed by atoms with E-state index in [0.717, 1.165) is 18.4 Å². The van der Waals surface area contributed by atoms with Crippen LogP contribution in [-0.4, -0.2) is 51.0 Å². The van der Waals surface area contributed by atoms with E-state index in [1.54, 1.807) is 12.1 Å². The predicted octanol–water partition coefficient (Wildman–Crippen LogP) is 2.32. The van der Waals surface area contributed by atoms with Crippen molar-refractivity contribution in [2.24, 2.45) is 0 Å². The van der Waals surface area contributed by atoms with Gasteiger partial charge in [0, 0.05) is 31.8 Å². The van der Waals surface area contributed by atoms with Crippen LogP contribution in [-0.2, 0) is 14.8 Å². The summed E-state index contributed by atoms with van der Waals surface area (Å²) in [6, 6.07) is 4.76. The lowest BCUT2D eigenvalue weighted by Crippen LogP contribution is -2.29. The van der Waals surface area contributed by atoms with Gasteiger partial charge in [-0.25, -0.2) is 8.42 Å². The maximum absolute atomic E-state index is 12.7. The number of carbonyl (C=O) groups excluding carboxylic acids is 1. The molecule has 0 aromatic heterocycles. The Morgan fingerprint density at radius 2 is 1.96 bits per heavy atom. The minimum atomic E-state index is -3.52. The van der Waals surface area contributed by atoms with Crippen molar-refractivity contribution >= 4 is 15.9 Å². The van der Waals surface area contributed by atoms with E-state index in [9.17, 15) is 13.2 Å². The summed E-state index contributed by atoms with van der Waals surface area (Å²) in [6.07, 6.45) is 2.66. The second kappa shape index (κ2) is 8.78. The molecule has 1 aliphatic rings. The monoisotopic (exact) mass is 368 g/mol. The van der Waals surface area contributed by atoms with Crippen molar-refractivity contribution < 1.29 is 17.9 Å². The van der Waals surface area contributed by atoms with Gasteiger partial charge in [-0.05, 0) is 57.7 Å². The molecule has 140 valence electrons. The van der Waals surface area contributed by atoms with Gasteiger partial charge in [0.2, 0.25) is 10.0 Å². The Morgan fingerprint density at radius 3 is 2.60 bits per heavy atom. The summed E-state index contributed by atoms with van der Waals surface area (Å²) >= 11 is 0. The van der Waals surface area contributed by atoms with Gasteiger partial charge in [-0.2, -0.15) is 4.31 Å². The van der Waals surface area contributed by atoms with E-state index < -0.39 is 10.0 Å². The van der Waals surface area contributed by atoms with Crippen LogP contribution in [0.3, 0.4) is 0 Å². The van der Waals surface area contributed by atoms with Crippen LogP contribution in [0, 0.1) is 6.92 Å². The number of sulfonamides is 1. The van der Waals surface area contributed by atoms with Crippen molar-refractivity contribution in [2.45, 2.75) is 51.0 Å². The zero-order valence-electron chi connectivity index (χ0n) is 15.2. The van der Waals surface area contributed by atoms with E-state index in [-0.39, 0.29) is 16.9 Å². The van der Waals surface area contributed by atoms with E-state index in [2.05, 4.69) is 5.32 Å². The summed E-state index contributed by atoms with van der Waals surface area (Å²) in [5.41, 5.74) is 1.17.